The lowest BCUT2D eigenvalue weighted by Gasteiger charge is -2.10. The molecule has 1 heterocycles. The van der Waals surface area contributed by atoms with Crippen LogP contribution in [0.25, 0.3) is 10.6 Å². The standard InChI is InChI=1S/C18H23N3OS/c1-2-12-3-5-14(6-4-12)18-21-15(11-23-18)9-17(22)20-10-16(19)13-7-8-13/h3-6,11,13,16H,2,7-10,19H2,1H3,(H,20,22). The number of aryl methyl sites for hydroxylation is 1. The summed E-state index contributed by atoms with van der Waals surface area (Å²) in [5, 5.41) is 5.84. The van der Waals surface area contributed by atoms with Crippen molar-refractivity contribution in [2.45, 2.75) is 38.6 Å². The zero-order valence-corrected chi connectivity index (χ0v) is 14.2. The van der Waals surface area contributed by atoms with Crippen LogP contribution in [0.1, 0.15) is 31.0 Å². The van der Waals surface area contributed by atoms with E-state index in [1.54, 1.807) is 11.3 Å². The van der Waals surface area contributed by atoms with Crippen molar-refractivity contribution < 1.29 is 4.79 Å². The van der Waals surface area contributed by atoms with E-state index in [2.05, 4.69) is 41.5 Å². The Hall–Kier alpha value is -1.72. The fourth-order valence-electron chi connectivity index (χ4n) is 2.55. The molecule has 1 unspecified atom stereocenters. The van der Waals surface area contributed by atoms with Crippen LogP contribution in [0.5, 0.6) is 0 Å². The van der Waals surface area contributed by atoms with Crippen molar-refractivity contribution in [3.05, 3.63) is 40.9 Å². The maximum Gasteiger partial charge on any atom is 0.226 e. The van der Waals surface area contributed by atoms with Gasteiger partial charge in [0.1, 0.15) is 5.01 Å². The maximum absolute atomic E-state index is 12.0. The van der Waals surface area contributed by atoms with E-state index >= 15 is 0 Å². The van der Waals surface area contributed by atoms with Gasteiger partial charge < -0.3 is 11.1 Å². The van der Waals surface area contributed by atoms with Crippen LogP contribution in [-0.4, -0.2) is 23.5 Å². The number of hydrogen-bond acceptors (Lipinski definition) is 4. The molecular formula is C18H23N3OS. The Morgan fingerprint density at radius 2 is 2.13 bits per heavy atom. The summed E-state index contributed by atoms with van der Waals surface area (Å²) in [5.74, 6) is 0.603. The number of nitrogens with two attached hydrogens (primary N) is 1. The van der Waals surface area contributed by atoms with Gasteiger partial charge in [-0.2, -0.15) is 0 Å². The molecule has 1 saturated carbocycles. The maximum atomic E-state index is 12.0. The number of carbonyl (C=O) groups excluding carboxylic acids is 1. The number of aromatic nitrogens is 1. The molecule has 1 aliphatic rings. The third-order valence-electron chi connectivity index (χ3n) is 4.26. The Morgan fingerprint density at radius 1 is 1.39 bits per heavy atom. The first kappa shape index (κ1) is 16.1. The summed E-state index contributed by atoms with van der Waals surface area (Å²) in [6, 6.07) is 8.54. The summed E-state index contributed by atoms with van der Waals surface area (Å²) in [4.78, 5) is 16.6. The lowest BCUT2D eigenvalue weighted by molar-refractivity contribution is -0.120. The number of nitrogens with one attached hydrogen (secondary N) is 1. The molecule has 3 N–H and O–H groups in total. The van der Waals surface area contributed by atoms with Gasteiger partial charge in [0.15, 0.2) is 0 Å². The predicted octanol–water partition coefficient (Wildman–Crippen LogP) is 2.77. The SMILES string of the molecule is CCc1ccc(-c2nc(CC(=O)NCC(N)C3CC3)cs2)cc1. The number of rotatable bonds is 7. The third kappa shape index (κ3) is 4.39. The number of nitrogens with zero attached hydrogens (tertiary/aromatic N) is 1. The third-order valence-corrected chi connectivity index (χ3v) is 5.21. The van der Waals surface area contributed by atoms with E-state index in [-0.39, 0.29) is 11.9 Å². The number of hydrogen-bond donors (Lipinski definition) is 2. The second kappa shape index (κ2) is 7.23. The fraction of sp³-hybridized carbons (Fsp3) is 0.444. The molecule has 1 aromatic heterocycles. The highest BCUT2D eigenvalue weighted by atomic mass is 32.1. The molecule has 5 heteroatoms. The van der Waals surface area contributed by atoms with Gasteiger partial charge in [0.25, 0.3) is 0 Å². The van der Waals surface area contributed by atoms with Crippen LogP contribution >= 0.6 is 11.3 Å². The Morgan fingerprint density at radius 3 is 2.78 bits per heavy atom. The van der Waals surface area contributed by atoms with Crippen molar-refractivity contribution in [3.8, 4) is 10.6 Å². The van der Waals surface area contributed by atoms with Crippen molar-refractivity contribution in [2.24, 2.45) is 11.7 Å². The molecule has 1 amide bonds. The highest BCUT2D eigenvalue weighted by molar-refractivity contribution is 7.13. The Bertz CT molecular complexity index is 661. The van der Waals surface area contributed by atoms with Crippen LogP contribution in [0.3, 0.4) is 0 Å². The van der Waals surface area contributed by atoms with Gasteiger partial charge in [0.2, 0.25) is 5.91 Å². The quantitative estimate of drug-likeness (QED) is 0.821. The molecular weight excluding hydrogens is 306 g/mol. The number of carbonyl (C=O) groups is 1. The molecule has 2 aromatic rings. The first-order chi connectivity index (χ1) is 11.2. The van der Waals surface area contributed by atoms with Crippen LogP contribution in [-0.2, 0) is 17.6 Å². The van der Waals surface area contributed by atoms with Crippen LogP contribution < -0.4 is 11.1 Å². The normalized spacial score (nSPS) is 15.4. The largest absolute Gasteiger partial charge is 0.354 e. The fourth-order valence-corrected chi connectivity index (χ4v) is 3.38. The van der Waals surface area contributed by atoms with Gasteiger partial charge in [-0.1, -0.05) is 31.2 Å². The Labute approximate surface area is 141 Å². The zero-order valence-electron chi connectivity index (χ0n) is 13.4. The van der Waals surface area contributed by atoms with E-state index in [0.717, 1.165) is 22.7 Å². The lowest BCUT2D eigenvalue weighted by Crippen LogP contribution is -2.39. The van der Waals surface area contributed by atoms with Crippen molar-refractivity contribution in [3.63, 3.8) is 0 Å². The van der Waals surface area contributed by atoms with Gasteiger partial charge in [-0.05, 0) is 30.7 Å². The molecule has 1 atom stereocenters. The molecule has 23 heavy (non-hydrogen) atoms. The lowest BCUT2D eigenvalue weighted by atomic mass is 10.1. The molecule has 0 saturated heterocycles. The minimum absolute atomic E-state index is 0.000666. The van der Waals surface area contributed by atoms with Crippen molar-refractivity contribution in [2.75, 3.05) is 6.54 Å². The smallest absolute Gasteiger partial charge is 0.226 e. The van der Waals surface area contributed by atoms with Gasteiger partial charge in [0, 0.05) is 23.5 Å². The van der Waals surface area contributed by atoms with Gasteiger partial charge in [-0.15, -0.1) is 11.3 Å². The summed E-state index contributed by atoms with van der Waals surface area (Å²) in [5.41, 5.74) is 9.24. The van der Waals surface area contributed by atoms with E-state index in [9.17, 15) is 4.79 Å². The molecule has 4 nitrogen and oxygen atoms in total. The molecule has 0 spiro atoms. The highest BCUT2D eigenvalue weighted by Crippen LogP contribution is 2.31. The van der Waals surface area contributed by atoms with E-state index in [1.165, 1.54) is 18.4 Å². The van der Waals surface area contributed by atoms with Crippen LogP contribution in [0.2, 0.25) is 0 Å². The second-order valence-corrected chi connectivity index (χ2v) is 7.03. The summed E-state index contributed by atoms with van der Waals surface area (Å²) >= 11 is 1.58. The minimum Gasteiger partial charge on any atom is -0.354 e. The van der Waals surface area contributed by atoms with Crippen molar-refractivity contribution >= 4 is 17.2 Å². The molecule has 1 aliphatic carbocycles. The first-order valence-electron chi connectivity index (χ1n) is 8.21. The van der Waals surface area contributed by atoms with Gasteiger partial charge in [0.05, 0.1) is 12.1 Å². The molecule has 1 fully saturated rings. The molecule has 3 rings (SSSR count). The van der Waals surface area contributed by atoms with Crippen LogP contribution in [0.15, 0.2) is 29.6 Å². The number of benzene rings is 1. The Balaban J connectivity index is 1.54. The molecule has 122 valence electrons. The van der Waals surface area contributed by atoms with Crippen LogP contribution in [0, 0.1) is 5.92 Å². The van der Waals surface area contributed by atoms with Gasteiger partial charge >= 0.3 is 0 Å². The van der Waals surface area contributed by atoms with Crippen molar-refractivity contribution in [1.29, 1.82) is 0 Å². The summed E-state index contributed by atoms with van der Waals surface area (Å²) in [6.07, 6.45) is 3.75. The molecule has 1 aromatic carbocycles. The summed E-state index contributed by atoms with van der Waals surface area (Å²) < 4.78 is 0. The van der Waals surface area contributed by atoms with Crippen LogP contribution in [0.4, 0.5) is 0 Å². The van der Waals surface area contributed by atoms with Gasteiger partial charge in [-0.25, -0.2) is 4.98 Å². The van der Waals surface area contributed by atoms with Gasteiger partial charge in [-0.3, -0.25) is 4.79 Å². The highest BCUT2D eigenvalue weighted by Gasteiger charge is 2.28. The monoisotopic (exact) mass is 329 g/mol. The molecule has 0 aliphatic heterocycles. The molecule has 0 radical (unpaired) electrons. The van der Waals surface area contributed by atoms with E-state index < -0.39 is 0 Å². The second-order valence-electron chi connectivity index (χ2n) is 6.18. The Kier molecular flexibility index (Phi) is 5.08. The topological polar surface area (TPSA) is 68.0 Å². The van der Waals surface area contributed by atoms with E-state index in [1.807, 2.05) is 5.38 Å². The first-order valence-corrected chi connectivity index (χ1v) is 9.09. The summed E-state index contributed by atoms with van der Waals surface area (Å²) in [7, 11) is 0. The average Bonchev–Trinajstić information content (AvgIpc) is 3.33. The zero-order chi connectivity index (χ0) is 16.2. The van der Waals surface area contributed by atoms with E-state index in [4.69, 9.17) is 5.73 Å². The van der Waals surface area contributed by atoms with E-state index in [0.29, 0.717) is 18.9 Å². The summed E-state index contributed by atoms with van der Waals surface area (Å²) in [6.45, 7) is 2.71. The number of amides is 1. The average molecular weight is 329 g/mol. The molecule has 0 bridgehead atoms. The predicted molar refractivity (Wildman–Crippen MR) is 94.3 cm³/mol. The number of thiazole rings is 1. The minimum atomic E-state index is -0.000666. The van der Waals surface area contributed by atoms with Crippen molar-refractivity contribution in [1.82, 2.24) is 10.3 Å².